The summed E-state index contributed by atoms with van der Waals surface area (Å²) in [5, 5.41) is 2.73. The second kappa shape index (κ2) is 3.49. The molecule has 0 spiro atoms. The van der Waals surface area contributed by atoms with Crippen LogP contribution in [0.1, 0.15) is 0 Å². The lowest BCUT2D eigenvalue weighted by atomic mass is 10.4. The van der Waals surface area contributed by atoms with Gasteiger partial charge in [0.15, 0.2) is 0 Å². The fourth-order valence-electron chi connectivity index (χ4n) is 1.22. The van der Waals surface area contributed by atoms with Crippen molar-refractivity contribution in [3.63, 3.8) is 0 Å². The third kappa shape index (κ3) is 1.74. The molecule has 0 unspecified atom stereocenters. The van der Waals surface area contributed by atoms with Crippen molar-refractivity contribution >= 4 is 34.4 Å². The van der Waals surface area contributed by atoms with Crippen LogP contribution in [0.2, 0.25) is 0 Å². The smallest absolute Gasteiger partial charge is 0.323 e. The molecule has 68 valence electrons. The van der Waals surface area contributed by atoms with Gasteiger partial charge in [-0.15, -0.1) is 0 Å². The SMILES string of the molecule is O=C1NCCN1c1ccc(I)cn1. The Labute approximate surface area is 89.5 Å². The van der Waals surface area contributed by atoms with E-state index >= 15 is 0 Å². The number of anilines is 1. The van der Waals surface area contributed by atoms with Crippen LogP contribution in [0, 0.1) is 3.57 Å². The van der Waals surface area contributed by atoms with E-state index in [1.807, 2.05) is 12.1 Å². The first kappa shape index (κ1) is 8.74. The van der Waals surface area contributed by atoms with Crippen LogP contribution in [-0.2, 0) is 0 Å². The molecule has 2 rings (SSSR count). The minimum atomic E-state index is -0.0614. The molecule has 4 nitrogen and oxygen atoms in total. The molecule has 0 atom stereocenters. The number of urea groups is 1. The number of amides is 2. The van der Waals surface area contributed by atoms with Gasteiger partial charge in [-0.2, -0.15) is 0 Å². The monoisotopic (exact) mass is 289 g/mol. The number of halogens is 1. The minimum absolute atomic E-state index is 0.0614. The van der Waals surface area contributed by atoms with Crippen molar-refractivity contribution in [1.82, 2.24) is 10.3 Å². The molecule has 0 bridgehead atoms. The van der Waals surface area contributed by atoms with Crippen molar-refractivity contribution in [3.8, 4) is 0 Å². The molecule has 5 heteroatoms. The minimum Gasteiger partial charge on any atom is -0.336 e. The highest BCUT2D eigenvalue weighted by Gasteiger charge is 2.21. The number of hydrogen-bond acceptors (Lipinski definition) is 2. The molecule has 0 aromatic carbocycles. The van der Waals surface area contributed by atoms with Crippen LogP contribution < -0.4 is 10.2 Å². The Morgan fingerprint density at radius 1 is 1.54 bits per heavy atom. The van der Waals surface area contributed by atoms with Crippen molar-refractivity contribution < 1.29 is 4.79 Å². The van der Waals surface area contributed by atoms with Crippen LogP contribution >= 0.6 is 22.6 Å². The first-order chi connectivity index (χ1) is 6.27. The zero-order valence-corrected chi connectivity index (χ0v) is 8.98. The van der Waals surface area contributed by atoms with Gasteiger partial charge in [0.2, 0.25) is 0 Å². The molecule has 2 heterocycles. The van der Waals surface area contributed by atoms with Gasteiger partial charge in [-0.3, -0.25) is 4.90 Å². The summed E-state index contributed by atoms with van der Waals surface area (Å²) < 4.78 is 1.07. The summed E-state index contributed by atoms with van der Waals surface area (Å²) >= 11 is 2.18. The molecule has 1 aromatic heterocycles. The predicted molar refractivity (Wildman–Crippen MR) is 57.7 cm³/mol. The highest BCUT2D eigenvalue weighted by molar-refractivity contribution is 14.1. The molecule has 0 saturated carbocycles. The summed E-state index contributed by atoms with van der Waals surface area (Å²) in [7, 11) is 0. The maximum absolute atomic E-state index is 11.2. The molecule has 1 aliphatic rings. The molecule has 1 fully saturated rings. The molecule has 1 N–H and O–H groups in total. The third-order valence-electron chi connectivity index (χ3n) is 1.85. The maximum Gasteiger partial charge on any atom is 0.323 e. The van der Waals surface area contributed by atoms with E-state index in [2.05, 4.69) is 32.9 Å². The van der Waals surface area contributed by atoms with E-state index in [0.717, 1.165) is 9.39 Å². The topological polar surface area (TPSA) is 45.2 Å². The van der Waals surface area contributed by atoms with Gasteiger partial charge in [-0.05, 0) is 34.7 Å². The Balaban J connectivity index is 2.25. The second-order valence-electron chi connectivity index (χ2n) is 2.72. The van der Waals surface area contributed by atoms with Crippen molar-refractivity contribution in [1.29, 1.82) is 0 Å². The van der Waals surface area contributed by atoms with Crippen LogP contribution in [0.4, 0.5) is 10.6 Å². The molecule has 1 aliphatic heterocycles. The summed E-state index contributed by atoms with van der Waals surface area (Å²) in [6.07, 6.45) is 1.75. The number of nitrogens with one attached hydrogen (secondary N) is 1. The number of carbonyl (C=O) groups is 1. The Morgan fingerprint density at radius 3 is 2.92 bits per heavy atom. The van der Waals surface area contributed by atoms with E-state index in [-0.39, 0.29) is 6.03 Å². The lowest BCUT2D eigenvalue weighted by Gasteiger charge is -2.11. The van der Waals surface area contributed by atoms with Crippen molar-refractivity contribution in [2.45, 2.75) is 0 Å². The standard InChI is InChI=1S/C8H8IN3O/c9-6-1-2-7(11-5-6)12-4-3-10-8(12)13/h1-2,5H,3-4H2,(H,10,13). The zero-order valence-electron chi connectivity index (χ0n) is 6.83. The van der Waals surface area contributed by atoms with Crippen LogP contribution in [0.3, 0.4) is 0 Å². The molecule has 1 saturated heterocycles. The normalized spacial score (nSPS) is 16.1. The third-order valence-corrected chi connectivity index (χ3v) is 2.48. The summed E-state index contributed by atoms with van der Waals surface area (Å²) in [5.74, 6) is 0.718. The lowest BCUT2D eigenvalue weighted by molar-refractivity contribution is 0.252. The molecule has 1 aromatic rings. The van der Waals surface area contributed by atoms with E-state index in [9.17, 15) is 4.79 Å². The number of aromatic nitrogens is 1. The maximum atomic E-state index is 11.2. The number of nitrogens with zero attached hydrogens (tertiary/aromatic N) is 2. The highest BCUT2D eigenvalue weighted by Crippen LogP contribution is 2.14. The van der Waals surface area contributed by atoms with Gasteiger partial charge in [0, 0.05) is 22.9 Å². The number of rotatable bonds is 1. The largest absolute Gasteiger partial charge is 0.336 e. The Morgan fingerprint density at radius 2 is 2.38 bits per heavy atom. The predicted octanol–water partition coefficient (Wildman–Crippen LogP) is 1.22. The molecular formula is C8H8IN3O. The van der Waals surface area contributed by atoms with Crippen molar-refractivity contribution in [3.05, 3.63) is 21.9 Å². The number of hydrogen-bond donors (Lipinski definition) is 1. The van der Waals surface area contributed by atoms with Gasteiger partial charge in [-0.25, -0.2) is 9.78 Å². The fourth-order valence-corrected chi connectivity index (χ4v) is 1.54. The Kier molecular flexibility index (Phi) is 2.34. The average molecular weight is 289 g/mol. The van der Waals surface area contributed by atoms with E-state index in [0.29, 0.717) is 13.1 Å². The van der Waals surface area contributed by atoms with Crippen molar-refractivity contribution in [2.24, 2.45) is 0 Å². The average Bonchev–Trinajstić information content (AvgIpc) is 2.53. The van der Waals surface area contributed by atoms with Gasteiger partial charge in [0.25, 0.3) is 0 Å². The number of pyridine rings is 1. The van der Waals surface area contributed by atoms with E-state index in [4.69, 9.17) is 0 Å². The second-order valence-corrected chi connectivity index (χ2v) is 3.96. The first-order valence-electron chi connectivity index (χ1n) is 3.94. The number of carbonyl (C=O) groups excluding carboxylic acids is 1. The van der Waals surface area contributed by atoms with E-state index < -0.39 is 0 Å². The Bertz CT molecular complexity index is 325. The summed E-state index contributed by atoms with van der Waals surface area (Å²) in [6, 6.07) is 3.73. The van der Waals surface area contributed by atoms with Gasteiger partial charge in [-0.1, -0.05) is 0 Å². The highest BCUT2D eigenvalue weighted by atomic mass is 127. The van der Waals surface area contributed by atoms with Crippen molar-refractivity contribution in [2.75, 3.05) is 18.0 Å². The van der Waals surface area contributed by atoms with Gasteiger partial charge >= 0.3 is 6.03 Å². The van der Waals surface area contributed by atoms with E-state index in [1.54, 1.807) is 11.1 Å². The molecule has 13 heavy (non-hydrogen) atoms. The molecular weight excluding hydrogens is 281 g/mol. The van der Waals surface area contributed by atoms with E-state index in [1.165, 1.54) is 0 Å². The molecule has 2 amide bonds. The van der Waals surface area contributed by atoms with Crippen LogP contribution in [0.15, 0.2) is 18.3 Å². The Hall–Kier alpha value is -0.850. The summed E-state index contributed by atoms with van der Waals surface area (Å²) in [4.78, 5) is 17.0. The van der Waals surface area contributed by atoms with Gasteiger partial charge in [0.05, 0.1) is 0 Å². The quantitative estimate of drug-likeness (QED) is 0.790. The summed E-state index contributed by atoms with van der Waals surface area (Å²) in [5.41, 5.74) is 0. The fraction of sp³-hybridized carbons (Fsp3) is 0.250. The first-order valence-corrected chi connectivity index (χ1v) is 5.02. The zero-order chi connectivity index (χ0) is 9.26. The van der Waals surface area contributed by atoms with Gasteiger partial charge < -0.3 is 5.32 Å². The lowest BCUT2D eigenvalue weighted by Crippen LogP contribution is -2.28. The summed E-state index contributed by atoms with van der Waals surface area (Å²) in [6.45, 7) is 1.40. The van der Waals surface area contributed by atoms with Crippen LogP contribution in [0.5, 0.6) is 0 Å². The molecule has 0 aliphatic carbocycles. The molecule has 0 radical (unpaired) electrons. The van der Waals surface area contributed by atoms with Crippen LogP contribution in [-0.4, -0.2) is 24.1 Å². The van der Waals surface area contributed by atoms with Crippen LogP contribution in [0.25, 0.3) is 0 Å². The van der Waals surface area contributed by atoms with Gasteiger partial charge in [0.1, 0.15) is 5.82 Å².